The van der Waals surface area contributed by atoms with E-state index in [9.17, 15) is 9.59 Å². The molecule has 1 fully saturated rings. The number of para-hydroxylation sites is 2. The number of aromatic amines is 1. The summed E-state index contributed by atoms with van der Waals surface area (Å²) in [5.74, 6) is 1.43. The highest BCUT2D eigenvalue weighted by Crippen LogP contribution is 2.33. The van der Waals surface area contributed by atoms with Gasteiger partial charge >= 0.3 is 5.69 Å². The number of hydrogen-bond acceptors (Lipinski definition) is 6. The van der Waals surface area contributed by atoms with Crippen molar-refractivity contribution in [3.05, 3.63) is 40.6 Å². The van der Waals surface area contributed by atoms with Gasteiger partial charge in [-0.1, -0.05) is 12.1 Å². The van der Waals surface area contributed by atoms with Gasteiger partial charge < -0.3 is 14.4 Å². The van der Waals surface area contributed by atoms with E-state index in [1.54, 1.807) is 9.47 Å². The van der Waals surface area contributed by atoms with Crippen LogP contribution in [-0.2, 0) is 22.7 Å². The highest BCUT2D eigenvalue weighted by Gasteiger charge is 2.44. The fourth-order valence-electron chi connectivity index (χ4n) is 4.19. The lowest BCUT2D eigenvalue weighted by atomic mass is 10.0. The molecule has 9 heteroatoms. The van der Waals surface area contributed by atoms with Gasteiger partial charge in [0.05, 0.1) is 25.3 Å². The number of likely N-dealkylation sites (tertiary alicyclic amines) is 1. The van der Waals surface area contributed by atoms with Crippen LogP contribution in [-0.4, -0.2) is 64.0 Å². The van der Waals surface area contributed by atoms with E-state index in [4.69, 9.17) is 9.47 Å². The van der Waals surface area contributed by atoms with Crippen LogP contribution in [0.3, 0.4) is 0 Å². The van der Waals surface area contributed by atoms with Crippen molar-refractivity contribution in [1.29, 1.82) is 0 Å². The van der Waals surface area contributed by atoms with Gasteiger partial charge in [-0.3, -0.25) is 14.3 Å². The number of nitrogens with one attached hydrogen (secondary N) is 1. The molecular weight excluding hydrogens is 350 g/mol. The average molecular weight is 371 g/mol. The van der Waals surface area contributed by atoms with Crippen LogP contribution >= 0.6 is 0 Å². The van der Waals surface area contributed by atoms with Gasteiger partial charge in [-0.25, -0.2) is 9.89 Å². The molecule has 3 aliphatic heterocycles. The Morgan fingerprint density at radius 2 is 2.15 bits per heavy atom. The van der Waals surface area contributed by atoms with Gasteiger partial charge in [0.1, 0.15) is 24.6 Å². The number of carbonyl (C=O) groups is 1. The monoisotopic (exact) mass is 371 g/mol. The first-order valence-corrected chi connectivity index (χ1v) is 9.16. The van der Waals surface area contributed by atoms with Gasteiger partial charge in [-0.05, 0) is 18.6 Å². The lowest BCUT2D eigenvalue weighted by Gasteiger charge is -2.34. The molecule has 0 radical (unpaired) electrons. The maximum absolute atomic E-state index is 12.9. The molecule has 0 aliphatic carbocycles. The predicted octanol–water partition coefficient (Wildman–Crippen LogP) is -0.0283. The van der Waals surface area contributed by atoms with Crippen LogP contribution in [0.1, 0.15) is 12.2 Å². The fraction of sp³-hybridized carbons (Fsp3) is 0.500. The standard InChI is InChI=1S/C18H21N5O4/c24-16(22-7-8-26-14-4-2-1-3-13(14)22)9-21-6-5-18(11-21)12-23-15(10-27-18)19-20-17(23)25/h1-4H,5-12H2,(H,20,25). The smallest absolute Gasteiger partial charge is 0.343 e. The van der Waals surface area contributed by atoms with Gasteiger partial charge in [0.25, 0.3) is 0 Å². The number of hydrogen-bond donors (Lipinski definition) is 1. The van der Waals surface area contributed by atoms with E-state index in [2.05, 4.69) is 15.1 Å². The molecule has 5 rings (SSSR count). The lowest BCUT2D eigenvalue weighted by molar-refractivity contribution is -0.120. The van der Waals surface area contributed by atoms with E-state index in [1.807, 2.05) is 24.3 Å². The van der Waals surface area contributed by atoms with Crippen LogP contribution in [0.15, 0.2) is 29.1 Å². The van der Waals surface area contributed by atoms with Crippen molar-refractivity contribution < 1.29 is 14.3 Å². The number of amides is 1. The summed E-state index contributed by atoms with van der Waals surface area (Å²) in [5.41, 5.74) is 0.197. The van der Waals surface area contributed by atoms with E-state index in [0.29, 0.717) is 45.2 Å². The van der Waals surface area contributed by atoms with E-state index < -0.39 is 5.60 Å². The molecule has 27 heavy (non-hydrogen) atoms. The predicted molar refractivity (Wildman–Crippen MR) is 95.7 cm³/mol. The molecule has 1 spiro atoms. The molecule has 9 nitrogen and oxygen atoms in total. The second-order valence-electron chi connectivity index (χ2n) is 7.33. The molecule has 1 unspecified atom stereocenters. The highest BCUT2D eigenvalue weighted by atomic mass is 16.5. The Hall–Kier alpha value is -2.65. The number of rotatable bonds is 2. The van der Waals surface area contributed by atoms with Crippen LogP contribution in [0.25, 0.3) is 0 Å². The van der Waals surface area contributed by atoms with Crippen molar-refractivity contribution in [1.82, 2.24) is 19.7 Å². The van der Waals surface area contributed by atoms with Crippen molar-refractivity contribution in [3.63, 3.8) is 0 Å². The van der Waals surface area contributed by atoms with Crippen molar-refractivity contribution in [2.24, 2.45) is 0 Å². The van der Waals surface area contributed by atoms with Gasteiger partial charge in [0, 0.05) is 13.1 Å². The molecule has 1 aromatic heterocycles. The molecule has 142 valence electrons. The summed E-state index contributed by atoms with van der Waals surface area (Å²) in [6.07, 6.45) is 0.789. The third-order valence-corrected chi connectivity index (χ3v) is 5.57. The fourth-order valence-corrected chi connectivity index (χ4v) is 4.19. The third kappa shape index (κ3) is 2.83. The highest BCUT2D eigenvalue weighted by molar-refractivity contribution is 5.96. The first-order chi connectivity index (χ1) is 13.1. The maximum atomic E-state index is 12.9. The van der Waals surface area contributed by atoms with Crippen LogP contribution in [0, 0.1) is 0 Å². The first kappa shape index (κ1) is 16.5. The molecular formula is C18H21N5O4. The largest absolute Gasteiger partial charge is 0.490 e. The van der Waals surface area contributed by atoms with Crippen LogP contribution < -0.4 is 15.3 Å². The van der Waals surface area contributed by atoms with Gasteiger partial charge in [-0.15, -0.1) is 0 Å². The maximum Gasteiger partial charge on any atom is 0.343 e. The minimum atomic E-state index is -0.427. The minimum Gasteiger partial charge on any atom is -0.490 e. The van der Waals surface area contributed by atoms with Crippen LogP contribution in [0.2, 0.25) is 0 Å². The molecule has 2 aromatic rings. The quantitative estimate of drug-likeness (QED) is 0.797. The summed E-state index contributed by atoms with van der Waals surface area (Å²) >= 11 is 0. The van der Waals surface area contributed by atoms with E-state index in [1.165, 1.54) is 0 Å². The number of H-pyrrole nitrogens is 1. The number of fused-ring (bicyclic) bond motifs is 2. The summed E-state index contributed by atoms with van der Waals surface area (Å²) in [4.78, 5) is 28.7. The Morgan fingerprint density at radius 1 is 1.26 bits per heavy atom. The zero-order chi connectivity index (χ0) is 18.4. The Kier molecular flexibility index (Phi) is 3.80. The zero-order valence-corrected chi connectivity index (χ0v) is 14.9. The lowest BCUT2D eigenvalue weighted by Crippen LogP contribution is -2.48. The SMILES string of the molecule is O=C(CN1CCC2(C1)Cn1c(n[nH]c1=O)CO2)N1CCOc2ccccc21. The molecule has 1 atom stereocenters. The first-order valence-electron chi connectivity index (χ1n) is 9.16. The summed E-state index contributed by atoms with van der Waals surface area (Å²) in [7, 11) is 0. The van der Waals surface area contributed by atoms with Crippen LogP contribution in [0.4, 0.5) is 5.69 Å². The van der Waals surface area contributed by atoms with E-state index in [0.717, 1.165) is 24.4 Å². The molecule has 1 N–H and O–H groups in total. The van der Waals surface area contributed by atoms with Crippen LogP contribution in [0.5, 0.6) is 5.75 Å². The van der Waals surface area contributed by atoms with Crippen molar-refractivity contribution in [3.8, 4) is 5.75 Å². The topological polar surface area (TPSA) is 92.7 Å². The van der Waals surface area contributed by atoms with Crippen molar-refractivity contribution in [2.45, 2.75) is 25.2 Å². The molecule has 1 aromatic carbocycles. The second-order valence-corrected chi connectivity index (χ2v) is 7.33. The summed E-state index contributed by atoms with van der Waals surface area (Å²) in [6.45, 7) is 3.56. The number of ether oxygens (including phenoxy) is 2. The molecule has 3 aliphatic rings. The van der Waals surface area contributed by atoms with E-state index in [-0.39, 0.29) is 11.6 Å². The third-order valence-electron chi connectivity index (χ3n) is 5.57. The molecule has 0 saturated carbocycles. The average Bonchev–Trinajstić information content (AvgIpc) is 3.25. The summed E-state index contributed by atoms with van der Waals surface area (Å²) < 4.78 is 13.3. The number of aromatic nitrogens is 3. The van der Waals surface area contributed by atoms with Gasteiger partial charge in [0.2, 0.25) is 5.91 Å². The Morgan fingerprint density at radius 3 is 3.07 bits per heavy atom. The van der Waals surface area contributed by atoms with Gasteiger partial charge in [0.15, 0.2) is 5.82 Å². The normalized spacial score (nSPS) is 24.5. The molecule has 0 bridgehead atoms. The van der Waals surface area contributed by atoms with Crippen molar-refractivity contribution in [2.75, 3.05) is 37.7 Å². The number of carbonyl (C=O) groups excluding carboxylic acids is 1. The Labute approximate surface area is 155 Å². The Balaban J connectivity index is 1.28. The Bertz CT molecular complexity index is 938. The molecule has 1 amide bonds. The number of anilines is 1. The summed E-state index contributed by atoms with van der Waals surface area (Å²) in [5, 5.41) is 6.45. The summed E-state index contributed by atoms with van der Waals surface area (Å²) in [6, 6.07) is 7.61. The molecule has 1 saturated heterocycles. The zero-order valence-electron chi connectivity index (χ0n) is 14.9. The van der Waals surface area contributed by atoms with E-state index >= 15 is 0 Å². The number of nitrogens with zero attached hydrogens (tertiary/aromatic N) is 4. The molecule has 4 heterocycles. The van der Waals surface area contributed by atoms with Crippen molar-refractivity contribution >= 4 is 11.6 Å². The van der Waals surface area contributed by atoms with Gasteiger partial charge in [-0.2, -0.15) is 5.10 Å². The second kappa shape index (κ2) is 6.21. The minimum absolute atomic E-state index is 0.0553. The number of benzene rings is 1.